The molecule has 7 heteroatoms. The van der Waals surface area contributed by atoms with Crippen LogP contribution in [0.3, 0.4) is 0 Å². The summed E-state index contributed by atoms with van der Waals surface area (Å²) in [4.78, 5) is 42.8. The molecular formula is C34H51N3O4. The van der Waals surface area contributed by atoms with Crippen molar-refractivity contribution in [3.8, 4) is 0 Å². The number of amides is 3. The van der Waals surface area contributed by atoms with Crippen LogP contribution in [0.1, 0.15) is 103 Å². The molecule has 2 N–H and O–H groups in total. The van der Waals surface area contributed by atoms with Crippen molar-refractivity contribution >= 4 is 23.6 Å². The molecule has 2 rings (SSSR count). The number of hydrogen-bond donors (Lipinski definition) is 2. The number of carbonyl (C=O) groups excluding carboxylic acids is 3. The third-order valence-electron chi connectivity index (χ3n) is 7.00. The Bertz CT molecular complexity index is 1120. The van der Waals surface area contributed by atoms with Gasteiger partial charge in [-0.2, -0.15) is 0 Å². The monoisotopic (exact) mass is 565 g/mol. The lowest BCUT2D eigenvalue weighted by molar-refractivity contribution is -0.141. The lowest BCUT2D eigenvalue weighted by Gasteiger charge is -2.36. The van der Waals surface area contributed by atoms with Gasteiger partial charge in [-0.3, -0.25) is 9.59 Å². The van der Waals surface area contributed by atoms with E-state index in [-0.39, 0.29) is 17.7 Å². The van der Waals surface area contributed by atoms with Crippen molar-refractivity contribution in [2.24, 2.45) is 5.92 Å². The minimum atomic E-state index is -0.875. The smallest absolute Gasteiger partial charge is 0.408 e. The summed E-state index contributed by atoms with van der Waals surface area (Å²) in [7, 11) is 0. The molecule has 2 aromatic rings. The van der Waals surface area contributed by atoms with Gasteiger partial charge in [-0.1, -0.05) is 101 Å². The standard InChI is InChI=1S/C34H51N3O4/c1-9-10-11-12-13-16-23-37(32(39)29(24(2)3)36-33(40)41-34(6,7)8)30(27-21-19-25(4)20-22-27)31(38)35-28-18-15-14-17-26(28)5/h14-15,17-22,24,29-30H,9-13,16,23H2,1-8H3,(H,35,38)(H,36,40). The number of carbonyl (C=O) groups is 3. The van der Waals surface area contributed by atoms with E-state index in [1.807, 2.05) is 76.2 Å². The number of nitrogens with one attached hydrogen (secondary N) is 2. The second-order valence-electron chi connectivity index (χ2n) is 12.3. The van der Waals surface area contributed by atoms with Gasteiger partial charge >= 0.3 is 6.09 Å². The van der Waals surface area contributed by atoms with Crippen molar-refractivity contribution in [3.05, 3.63) is 65.2 Å². The maximum absolute atomic E-state index is 14.3. The normalized spacial score (nSPS) is 12.9. The van der Waals surface area contributed by atoms with Gasteiger partial charge in [-0.15, -0.1) is 0 Å². The number of hydrogen-bond acceptors (Lipinski definition) is 4. The van der Waals surface area contributed by atoms with Crippen LogP contribution in [0.25, 0.3) is 0 Å². The third kappa shape index (κ3) is 11.2. The highest BCUT2D eigenvalue weighted by Crippen LogP contribution is 2.27. The molecule has 2 unspecified atom stereocenters. The zero-order valence-electron chi connectivity index (χ0n) is 26.4. The van der Waals surface area contributed by atoms with Crippen molar-refractivity contribution in [1.29, 1.82) is 0 Å². The number of benzene rings is 2. The lowest BCUT2D eigenvalue weighted by atomic mass is 9.97. The molecule has 0 saturated carbocycles. The Morgan fingerprint density at radius 3 is 2.07 bits per heavy atom. The third-order valence-corrected chi connectivity index (χ3v) is 7.00. The van der Waals surface area contributed by atoms with Crippen LogP contribution >= 0.6 is 0 Å². The van der Waals surface area contributed by atoms with E-state index < -0.39 is 23.8 Å². The first kappa shape index (κ1) is 33.9. The van der Waals surface area contributed by atoms with Crippen molar-refractivity contribution in [2.75, 3.05) is 11.9 Å². The summed E-state index contributed by atoms with van der Waals surface area (Å²) in [5.41, 5.74) is 2.72. The molecular weight excluding hydrogens is 514 g/mol. The van der Waals surface area contributed by atoms with E-state index >= 15 is 0 Å². The van der Waals surface area contributed by atoms with Crippen molar-refractivity contribution < 1.29 is 19.1 Å². The number of ether oxygens (including phenoxy) is 1. The Labute approximate surface area is 247 Å². The molecule has 0 aliphatic carbocycles. The van der Waals surface area contributed by atoms with Gasteiger partial charge in [0, 0.05) is 12.2 Å². The van der Waals surface area contributed by atoms with Gasteiger partial charge in [-0.05, 0) is 64.2 Å². The average Bonchev–Trinajstić information content (AvgIpc) is 2.89. The minimum absolute atomic E-state index is 0.222. The maximum atomic E-state index is 14.3. The van der Waals surface area contributed by atoms with E-state index in [4.69, 9.17) is 4.74 Å². The number of rotatable bonds is 14. The Balaban J connectivity index is 2.49. The highest BCUT2D eigenvalue weighted by atomic mass is 16.6. The van der Waals surface area contributed by atoms with E-state index in [2.05, 4.69) is 17.6 Å². The van der Waals surface area contributed by atoms with Crippen LogP contribution in [-0.2, 0) is 14.3 Å². The predicted octanol–water partition coefficient (Wildman–Crippen LogP) is 7.72. The minimum Gasteiger partial charge on any atom is -0.444 e. The summed E-state index contributed by atoms with van der Waals surface area (Å²) in [6.07, 6.45) is 5.62. The molecule has 0 bridgehead atoms. The molecule has 0 aromatic heterocycles. The van der Waals surface area contributed by atoms with Gasteiger partial charge < -0.3 is 20.3 Å². The Morgan fingerprint density at radius 1 is 0.878 bits per heavy atom. The van der Waals surface area contributed by atoms with Crippen LogP contribution in [0.15, 0.2) is 48.5 Å². The predicted molar refractivity (Wildman–Crippen MR) is 167 cm³/mol. The molecule has 0 fully saturated rings. The van der Waals surface area contributed by atoms with E-state index in [1.165, 1.54) is 6.42 Å². The first-order chi connectivity index (χ1) is 19.3. The zero-order valence-corrected chi connectivity index (χ0v) is 26.4. The van der Waals surface area contributed by atoms with Gasteiger partial charge in [0.1, 0.15) is 17.7 Å². The van der Waals surface area contributed by atoms with Gasteiger partial charge in [-0.25, -0.2) is 4.79 Å². The van der Waals surface area contributed by atoms with Gasteiger partial charge in [0.15, 0.2) is 0 Å². The van der Waals surface area contributed by atoms with Crippen LogP contribution in [0, 0.1) is 19.8 Å². The van der Waals surface area contributed by atoms with E-state index in [0.29, 0.717) is 12.2 Å². The maximum Gasteiger partial charge on any atom is 0.408 e. The number of para-hydroxylation sites is 1. The molecule has 2 aromatic carbocycles. The van der Waals surface area contributed by atoms with Crippen LogP contribution in [0.4, 0.5) is 10.5 Å². The topological polar surface area (TPSA) is 87.7 Å². The van der Waals surface area contributed by atoms with Crippen molar-refractivity contribution in [1.82, 2.24) is 10.2 Å². The van der Waals surface area contributed by atoms with Crippen LogP contribution in [0.5, 0.6) is 0 Å². The highest BCUT2D eigenvalue weighted by molar-refractivity contribution is 5.99. The molecule has 0 aliphatic rings. The number of alkyl carbamates (subject to hydrolysis) is 1. The van der Waals surface area contributed by atoms with Crippen LogP contribution < -0.4 is 10.6 Å². The fourth-order valence-electron chi connectivity index (χ4n) is 4.69. The summed E-state index contributed by atoms with van der Waals surface area (Å²) in [6, 6.07) is 13.6. The van der Waals surface area contributed by atoms with Gasteiger partial charge in [0.25, 0.3) is 5.91 Å². The van der Waals surface area contributed by atoms with E-state index in [1.54, 1.807) is 25.7 Å². The summed E-state index contributed by atoms with van der Waals surface area (Å²) >= 11 is 0. The molecule has 226 valence electrons. The average molecular weight is 566 g/mol. The highest BCUT2D eigenvalue weighted by Gasteiger charge is 2.37. The number of aryl methyl sites for hydroxylation is 2. The van der Waals surface area contributed by atoms with Crippen LogP contribution in [0.2, 0.25) is 0 Å². The molecule has 0 spiro atoms. The SMILES string of the molecule is CCCCCCCCN(C(=O)C(NC(=O)OC(C)(C)C)C(C)C)C(C(=O)Nc1ccccc1C)c1ccc(C)cc1. The molecule has 0 aliphatic heterocycles. The first-order valence-corrected chi connectivity index (χ1v) is 15.1. The Morgan fingerprint density at radius 2 is 1.49 bits per heavy atom. The molecule has 0 heterocycles. The largest absolute Gasteiger partial charge is 0.444 e. The fraction of sp³-hybridized carbons (Fsp3) is 0.559. The summed E-state index contributed by atoms with van der Waals surface area (Å²) < 4.78 is 5.48. The molecule has 2 atom stereocenters. The molecule has 41 heavy (non-hydrogen) atoms. The van der Waals surface area contributed by atoms with Crippen molar-refractivity contribution in [3.63, 3.8) is 0 Å². The second kappa shape index (κ2) is 16.2. The van der Waals surface area contributed by atoms with E-state index in [9.17, 15) is 14.4 Å². The fourth-order valence-corrected chi connectivity index (χ4v) is 4.69. The number of unbranched alkanes of at least 4 members (excludes halogenated alkanes) is 5. The van der Waals surface area contributed by atoms with Gasteiger partial charge in [0.2, 0.25) is 5.91 Å². The van der Waals surface area contributed by atoms with Crippen molar-refractivity contribution in [2.45, 2.75) is 112 Å². The quantitative estimate of drug-likeness (QED) is 0.230. The summed E-state index contributed by atoms with van der Waals surface area (Å²) in [6.45, 7) is 15.6. The Hall–Kier alpha value is -3.35. The van der Waals surface area contributed by atoms with Crippen LogP contribution in [-0.4, -0.2) is 41.0 Å². The zero-order chi connectivity index (χ0) is 30.6. The number of anilines is 1. The second-order valence-corrected chi connectivity index (χ2v) is 12.3. The Kier molecular flexibility index (Phi) is 13.4. The molecule has 7 nitrogen and oxygen atoms in total. The first-order valence-electron chi connectivity index (χ1n) is 15.1. The molecule has 3 amide bonds. The summed E-state index contributed by atoms with van der Waals surface area (Å²) in [5.74, 6) is -0.813. The number of nitrogens with zero attached hydrogens (tertiary/aromatic N) is 1. The lowest BCUT2D eigenvalue weighted by Crippen LogP contribution is -2.54. The molecule has 0 saturated heterocycles. The molecule has 0 radical (unpaired) electrons. The summed E-state index contributed by atoms with van der Waals surface area (Å²) in [5, 5.41) is 5.87. The van der Waals surface area contributed by atoms with E-state index in [0.717, 1.165) is 48.8 Å². The van der Waals surface area contributed by atoms with Gasteiger partial charge in [0.05, 0.1) is 0 Å².